The van der Waals surface area contributed by atoms with Crippen molar-refractivity contribution in [2.75, 3.05) is 24.7 Å². The summed E-state index contributed by atoms with van der Waals surface area (Å²) in [5.74, 6) is 1.50. The molecule has 0 spiro atoms. The van der Waals surface area contributed by atoms with Crippen molar-refractivity contribution in [2.45, 2.75) is 18.1 Å². The largest absolute Gasteiger partial charge is 0.463 e. The van der Waals surface area contributed by atoms with Gasteiger partial charge in [0.15, 0.2) is 0 Å². The minimum atomic E-state index is -0.510. The fourth-order valence-electron chi connectivity index (χ4n) is 1.67. The van der Waals surface area contributed by atoms with Crippen LogP contribution < -0.4 is 5.32 Å². The van der Waals surface area contributed by atoms with Crippen molar-refractivity contribution in [1.29, 1.82) is 0 Å². The Morgan fingerprint density at radius 3 is 3.29 bits per heavy atom. The Bertz CT molecular complexity index is 394. The standard InChI is InChI=1S/C11H15N3O2S/c1-16-11(15)10-12-5-4-9(14-10)13-7-8-3-2-6-17-8/h4-5,8H,2-3,6-7H2,1H3,(H,12,13,14). The fourth-order valence-corrected chi connectivity index (χ4v) is 2.87. The second kappa shape index (κ2) is 5.86. The van der Waals surface area contributed by atoms with Crippen LogP contribution in [0.2, 0.25) is 0 Å². The van der Waals surface area contributed by atoms with E-state index in [0.717, 1.165) is 6.54 Å². The van der Waals surface area contributed by atoms with Gasteiger partial charge in [-0.3, -0.25) is 0 Å². The van der Waals surface area contributed by atoms with E-state index in [0.29, 0.717) is 11.1 Å². The van der Waals surface area contributed by atoms with E-state index in [1.165, 1.54) is 25.7 Å². The molecule has 1 atom stereocenters. The quantitative estimate of drug-likeness (QED) is 0.822. The number of nitrogens with one attached hydrogen (secondary N) is 1. The van der Waals surface area contributed by atoms with Crippen molar-refractivity contribution < 1.29 is 9.53 Å². The van der Waals surface area contributed by atoms with E-state index in [2.05, 4.69) is 20.0 Å². The van der Waals surface area contributed by atoms with E-state index < -0.39 is 5.97 Å². The number of rotatable bonds is 4. The molecule has 92 valence electrons. The molecule has 0 aromatic carbocycles. The maximum absolute atomic E-state index is 11.2. The number of hydrogen-bond acceptors (Lipinski definition) is 6. The van der Waals surface area contributed by atoms with Crippen LogP contribution in [-0.2, 0) is 4.74 Å². The van der Waals surface area contributed by atoms with Crippen LogP contribution in [0.3, 0.4) is 0 Å². The number of aromatic nitrogens is 2. The number of ether oxygens (including phenoxy) is 1. The predicted octanol–water partition coefficient (Wildman–Crippen LogP) is 1.57. The van der Waals surface area contributed by atoms with E-state index >= 15 is 0 Å². The molecule has 1 N–H and O–H groups in total. The average molecular weight is 253 g/mol. The monoisotopic (exact) mass is 253 g/mol. The maximum atomic E-state index is 11.2. The molecule has 1 aromatic heterocycles. The summed E-state index contributed by atoms with van der Waals surface area (Å²) in [5.41, 5.74) is 0. The molecule has 1 fully saturated rings. The molecule has 1 unspecified atom stereocenters. The smallest absolute Gasteiger partial charge is 0.376 e. The van der Waals surface area contributed by atoms with Gasteiger partial charge < -0.3 is 10.1 Å². The summed E-state index contributed by atoms with van der Waals surface area (Å²) >= 11 is 1.98. The van der Waals surface area contributed by atoms with Gasteiger partial charge in [0.25, 0.3) is 0 Å². The predicted molar refractivity (Wildman–Crippen MR) is 67.3 cm³/mol. The van der Waals surface area contributed by atoms with Crippen molar-refractivity contribution in [3.8, 4) is 0 Å². The number of anilines is 1. The highest BCUT2D eigenvalue weighted by Crippen LogP contribution is 2.25. The summed E-state index contributed by atoms with van der Waals surface area (Å²) in [5, 5.41) is 3.87. The fraction of sp³-hybridized carbons (Fsp3) is 0.545. The Balaban J connectivity index is 1.93. The van der Waals surface area contributed by atoms with Gasteiger partial charge in [-0.25, -0.2) is 14.8 Å². The summed E-state index contributed by atoms with van der Waals surface area (Å²) in [7, 11) is 1.32. The first kappa shape index (κ1) is 12.2. The van der Waals surface area contributed by atoms with Crippen LogP contribution in [0, 0.1) is 0 Å². The summed E-state index contributed by atoms with van der Waals surface area (Å²) in [4.78, 5) is 19.2. The van der Waals surface area contributed by atoms with Gasteiger partial charge in [0.1, 0.15) is 5.82 Å². The normalized spacial score (nSPS) is 19.0. The molecule has 6 heteroatoms. The molecular formula is C11H15N3O2S. The minimum absolute atomic E-state index is 0.0941. The molecule has 1 aliphatic heterocycles. The lowest BCUT2D eigenvalue weighted by molar-refractivity contribution is 0.0587. The van der Waals surface area contributed by atoms with Crippen molar-refractivity contribution >= 4 is 23.5 Å². The Kier molecular flexibility index (Phi) is 4.19. The lowest BCUT2D eigenvalue weighted by atomic mass is 10.2. The third kappa shape index (κ3) is 3.33. The first-order valence-electron chi connectivity index (χ1n) is 5.56. The van der Waals surface area contributed by atoms with Crippen LogP contribution in [0.25, 0.3) is 0 Å². The molecule has 1 aliphatic rings. The van der Waals surface area contributed by atoms with Crippen LogP contribution >= 0.6 is 11.8 Å². The molecule has 0 amide bonds. The number of esters is 1. The number of methoxy groups -OCH3 is 1. The van der Waals surface area contributed by atoms with Gasteiger partial charge in [-0.15, -0.1) is 0 Å². The molecule has 0 aliphatic carbocycles. The van der Waals surface area contributed by atoms with Crippen LogP contribution in [0.4, 0.5) is 5.82 Å². The third-order valence-electron chi connectivity index (χ3n) is 2.56. The van der Waals surface area contributed by atoms with Gasteiger partial charge in [0.2, 0.25) is 5.82 Å². The number of nitrogens with zero attached hydrogens (tertiary/aromatic N) is 2. The number of carbonyl (C=O) groups excluding carboxylic acids is 1. The SMILES string of the molecule is COC(=O)c1nccc(NCC2CCCS2)n1. The van der Waals surface area contributed by atoms with Crippen molar-refractivity contribution in [3.63, 3.8) is 0 Å². The Morgan fingerprint density at radius 1 is 1.71 bits per heavy atom. The van der Waals surface area contributed by atoms with Crippen molar-refractivity contribution in [3.05, 3.63) is 18.1 Å². The lowest BCUT2D eigenvalue weighted by Gasteiger charge is -2.10. The van der Waals surface area contributed by atoms with Gasteiger partial charge in [0.05, 0.1) is 7.11 Å². The molecule has 5 nitrogen and oxygen atoms in total. The summed E-state index contributed by atoms with van der Waals surface area (Å²) in [6, 6.07) is 1.76. The Labute approximate surface area is 104 Å². The van der Waals surface area contributed by atoms with Gasteiger partial charge in [-0.1, -0.05) is 0 Å². The van der Waals surface area contributed by atoms with Crippen LogP contribution in [0.5, 0.6) is 0 Å². The number of carbonyl (C=O) groups is 1. The van der Waals surface area contributed by atoms with Crippen LogP contribution in [-0.4, -0.2) is 40.6 Å². The van der Waals surface area contributed by atoms with Gasteiger partial charge in [-0.2, -0.15) is 11.8 Å². The maximum Gasteiger partial charge on any atom is 0.376 e. The van der Waals surface area contributed by atoms with Crippen LogP contribution in [0.1, 0.15) is 23.5 Å². The van der Waals surface area contributed by atoms with E-state index in [4.69, 9.17) is 0 Å². The van der Waals surface area contributed by atoms with E-state index in [-0.39, 0.29) is 5.82 Å². The van der Waals surface area contributed by atoms with Gasteiger partial charge in [0, 0.05) is 18.0 Å². The van der Waals surface area contributed by atoms with E-state index in [1.54, 1.807) is 12.3 Å². The average Bonchev–Trinajstić information content (AvgIpc) is 2.89. The molecule has 1 saturated heterocycles. The highest BCUT2D eigenvalue weighted by atomic mass is 32.2. The van der Waals surface area contributed by atoms with Crippen molar-refractivity contribution in [1.82, 2.24) is 9.97 Å². The van der Waals surface area contributed by atoms with E-state index in [1.807, 2.05) is 11.8 Å². The topological polar surface area (TPSA) is 64.1 Å². The molecule has 2 heterocycles. The zero-order valence-electron chi connectivity index (χ0n) is 9.68. The van der Waals surface area contributed by atoms with E-state index in [9.17, 15) is 4.79 Å². The summed E-state index contributed by atoms with van der Waals surface area (Å²) in [6.45, 7) is 0.877. The zero-order chi connectivity index (χ0) is 12.1. The molecule has 0 bridgehead atoms. The van der Waals surface area contributed by atoms with Crippen molar-refractivity contribution in [2.24, 2.45) is 0 Å². The zero-order valence-corrected chi connectivity index (χ0v) is 10.5. The Hall–Kier alpha value is -1.30. The molecular weight excluding hydrogens is 238 g/mol. The third-order valence-corrected chi connectivity index (χ3v) is 3.96. The molecule has 0 radical (unpaired) electrons. The lowest BCUT2D eigenvalue weighted by Crippen LogP contribution is -2.16. The number of thioether (sulfide) groups is 1. The molecule has 0 saturated carbocycles. The summed E-state index contributed by atoms with van der Waals surface area (Å²) < 4.78 is 4.57. The molecule has 2 rings (SSSR count). The van der Waals surface area contributed by atoms with Gasteiger partial charge >= 0.3 is 5.97 Å². The molecule has 17 heavy (non-hydrogen) atoms. The molecule has 1 aromatic rings. The van der Waals surface area contributed by atoms with Crippen LogP contribution in [0.15, 0.2) is 12.3 Å². The Morgan fingerprint density at radius 2 is 2.59 bits per heavy atom. The second-order valence-corrected chi connectivity index (χ2v) is 5.18. The van der Waals surface area contributed by atoms with Gasteiger partial charge in [-0.05, 0) is 24.7 Å². The first-order valence-corrected chi connectivity index (χ1v) is 6.61. The minimum Gasteiger partial charge on any atom is -0.463 e. The number of hydrogen-bond donors (Lipinski definition) is 1. The highest BCUT2D eigenvalue weighted by molar-refractivity contribution is 8.00. The summed E-state index contributed by atoms with van der Waals surface area (Å²) in [6.07, 6.45) is 4.09. The second-order valence-electron chi connectivity index (χ2n) is 3.77. The first-order chi connectivity index (χ1) is 8.29. The highest BCUT2D eigenvalue weighted by Gasteiger charge is 2.15.